The van der Waals surface area contributed by atoms with Gasteiger partial charge in [0.05, 0.1) is 25.2 Å². The van der Waals surface area contributed by atoms with Gasteiger partial charge < -0.3 is 24.6 Å². The number of methoxy groups -OCH3 is 1. The van der Waals surface area contributed by atoms with Crippen molar-refractivity contribution in [2.24, 2.45) is 5.73 Å². The quantitative estimate of drug-likeness (QED) is 0.421. The van der Waals surface area contributed by atoms with E-state index in [0.717, 1.165) is 6.07 Å². The molecule has 1 rings (SSSR count). The number of phenolic OH excluding ortho intramolecular Hbond substituents is 1. The van der Waals surface area contributed by atoms with E-state index in [0.29, 0.717) is 0 Å². The lowest BCUT2D eigenvalue weighted by molar-refractivity contribution is -0.386. The van der Waals surface area contributed by atoms with Gasteiger partial charge in [0.25, 0.3) is 0 Å². The number of nitro groups is 1. The summed E-state index contributed by atoms with van der Waals surface area (Å²) >= 11 is 0. The summed E-state index contributed by atoms with van der Waals surface area (Å²) in [6, 6.07) is 2.28. The van der Waals surface area contributed by atoms with Gasteiger partial charge >= 0.3 is 13.3 Å². The van der Waals surface area contributed by atoms with Crippen molar-refractivity contribution in [2.75, 3.05) is 20.3 Å². The Kier molecular flexibility index (Phi) is 6.31. The summed E-state index contributed by atoms with van der Waals surface area (Å²) in [5.41, 5.74) is 5.41. The van der Waals surface area contributed by atoms with Crippen LogP contribution in [0.3, 0.4) is 0 Å². The van der Waals surface area contributed by atoms with Crippen molar-refractivity contribution in [3.63, 3.8) is 0 Å². The predicted octanol–water partition coefficient (Wildman–Crippen LogP) is 2.53. The van der Waals surface area contributed by atoms with Crippen LogP contribution >= 0.6 is 7.60 Å². The standard InChI is InChI=1S/C12H19N2O7P/c1-4-20-22(18,21-5-2)12(13)8-6-9(14(16)17)11(15)10(7-8)19-3/h6-7,12,15H,4-5,13H2,1-3H3/t12-/m1/s1. The van der Waals surface area contributed by atoms with Gasteiger partial charge in [0, 0.05) is 6.07 Å². The fourth-order valence-electron chi connectivity index (χ4n) is 1.82. The van der Waals surface area contributed by atoms with Crippen LogP contribution in [0.5, 0.6) is 11.5 Å². The molecular formula is C12H19N2O7P. The number of aromatic hydroxyl groups is 1. The highest BCUT2D eigenvalue weighted by Gasteiger charge is 2.36. The largest absolute Gasteiger partial charge is 0.500 e. The third-order valence-electron chi connectivity index (χ3n) is 2.79. The molecule has 0 aliphatic carbocycles. The Morgan fingerprint density at radius 2 is 1.91 bits per heavy atom. The summed E-state index contributed by atoms with van der Waals surface area (Å²) in [5, 5.41) is 20.7. The highest BCUT2D eigenvalue weighted by Crippen LogP contribution is 2.59. The normalized spacial score (nSPS) is 12.9. The van der Waals surface area contributed by atoms with Crippen molar-refractivity contribution in [3.8, 4) is 11.5 Å². The van der Waals surface area contributed by atoms with Crippen LogP contribution in [0.25, 0.3) is 0 Å². The van der Waals surface area contributed by atoms with E-state index in [9.17, 15) is 19.8 Å². The maximum absolute atomic E-state index is 12.6. The Labute approximate surface area is 127 Å². The Morgan fingerprint density at radius 1 is 1.36 bits per heavy atom. The van der Waals surface area contributed by atoms with Crippen molar-refractivity contribution >= 4 is 13.3 Å². The van der Waals surface area contributed by atoms with E-state index < -0.39 is 29.7 Å². The minimum atomic E-state index is -3.71. The van der Waals surface area contributed by atoms with Crippen molar-refractivity contribution < 1.29 is 28.4 Å². The minimum absolute atomic E-state index is 0.0995. The first-order valence-electron chi connectivity index (χ1n) is 6.50. The number of nitrogens with zero attached hydrogens (tertiary/aromatic N) is 1. The van der Waals surface area contributed by atoms with Gasteiger partial charge in [-0.1, -0.05) is 0 Å². The molecule has 3 N–H and O–H groups in total. The van der Waals surface area contributed by atoms with Gasteiger partial charge in [-0.3, -0.25) is 14.7 Å². The first-order valence-corrected chi connectivity index (χ1v) is 8.11. The summed E-state index contributed by atoms with van der Waals surface area (Å²) in [6.45, 7) is 3.45. The van der Waals surface area contributed by atoms with Crippen LogP contribution in [-0.2, 0) is 13.6 Å². The SMILES string of the molecule is CCOP(=O)(OCC)[C@@H](N)c1cc(OC)c(O)c([N+](=O)[O-])c1. The molecule has 0 spiro atoms. The average molecular weight is 334 g/mol. The number of rotatable bonds is 8. The van der Waals surface area contributed by atoms with Gasteiger partial charge in [0.15, 0.2) is 5.75 Å². The second-order valence-corrected chi connectivity index (χ2v) is 6.32. The van der Waals surface area contributed by atoms with E-state index >= 15 is 0 Å². The highest BCUT2D eigenvalue weighted by molar-refractivity contribution is 7.54. The fraction of sp³-hybridized carbons (Fsp3) is 0.500. The summed E-state index contributed by atoms with van der Waals surface area (Å²) in [4.78, 5) is 10.2. The van der Waals surface area contributed by atoms with E-state index in [4.69, 9.17) is 19.5 Å². The fourth-order valence-corrected chi connectivity index (χ4v) is 3.45. The molecule has 10 heteroatoms. The maximum atomic E-state index is 12.6. The lowest BCUT2D eigenvalue weighted by Crippen LogP contribution is -2.15. The monoisotopic (exact) mass is 334 g/mol. The summed E-state index contributed by atoms with van der Waals surface area (Å²) in [5.74, 6) is -2.04. The first-order chi connectivity index (χ1) is 10.3. The molecule has 0 aromatic heterocycles. The zero-order valence-electron chi connectivity index (χ0n) is 12.5. The zero-order chi connectivity index (χ0) is 16.9. The average Bonchev–Trinajstić information content (AvgIpc) is 2.47. The number of ether oxygens (including phenoxy) is 1. The van der Waals surface area contributed by atoms with Crippen LogP contribution < -0.4 is 10.5 Å². The molecule has 0 bridgehead atoms. The predicted molar refractivity (Wildman–Crippen MR) is 79.1 cm³/mol. The van der Waals surface area contributed by atoms with Crippen LogP contribution in [0.2, 0.25) is 0 Å². The third kappa shape index (κ3) is 3.75. The Hall–Kier alpha value is -1.67. The van der Waals surface area contributed by atoms with Gasteiger partial charge in [-0.2, -0.15) is 0 Å². The van der Waals surface area contributed by atoms with Gasteiger partial charge in [0.1, 0.15) is 5.78 Å². The molecule has 0 fully saturated rings. The van der Waals surface area contributed by atoms with E-state index in [1.165, 1.54) is 13.2 Å². The lowest BCUT2D eigenvalue weighted by Gasteiger charge is -2.23. The highest BCUT2D eigenvalue weighted by atomic mass is 31.2. The van der Waals surface area contributed by atoms with Crippen molar-refractivity contribution in [3.05, 3.63) is 27.8 Å². The molecule has 9 nitrogen and oxygen atoms in total. The van der Waals surface area contributed by atoms with E-state index in [-0.39, 0.29) is 24.5 Å². The number of nitro benzene ring substituents is 1. The van der Waals surface area contributed by atoms with E-state index in [2.05, 4.69) is 0 Å². The number of hydrogen-bond donors (Lipinski definition) is 2. The second-order valence-electron chi connectivity index (χ2n) is 4.17. The van der Waals surface area contributed by atoms with Crippen molar-refractivity contribution in [2.45, 2.75) is 19.6 Å². The summed E-state index contributed by atoms with van der Waals surface area (Å²) < 4.78 is 27.8. The molecule has 0 aliphatic heterocycles. The second kappa shape index (κ2) is 7.55. The Balaban J connectivity index is 3.38. The maximum Gasteiger partial charge on any atom is 0.351 e. The number of phenols is 1. The molecule has 0 heterocycles. The van der Waals surface area contributed by atoms with Crippen LogP contribution in [0.4, 0.5) is 5.69 Å². The number of hydrogen-bond acceptors (Lipinski definition) is 8. The van der Waals surface area contributed by atoms with E-state index in [1.54, 1.807) is 13.8 Å². The molecule has 0 saturated carbocycles. The van der Waals surface area contributed by atoms with Gasteiger partial charge in [-0.25, -0.2) is 0 Å². The molecule has 22 heavy (non-hydrogen) atoms. The Morgan fingerprint density at radius 3 is 2.32 bits per heavy atom. The third-order valence-corrected chi connectivity index (χ3v) is 5.01. The minimum Gasteiger partial charge on any atom is -0.500 e. The van der Waals surface area contributed by atoms with Gasteiger partial charge in [-0.15, -0.1) is 0 Å². The van der Waals surface area contributed by atoms with E-state index in [1.807, 2.05) is 0 Å². The molecule has 0 aliphatic rings. The van der Waals surface area contributed by atoms with Crippen molar-refractivity contribution in [1.29, 1.82) is 0 Å². The molecule has 124 valence electrons. The molecule has 0 unspecified atom stereocenters. The molecule has 0 radical (unpaired) electrons. The van der Waals surface area contributed by atoms with Gasteiger partial charge in [-0.05, 0) is 25.5 Å². The molecule has 1 aromatic carbocycles. The molecule has 1 aromatic rings. The number of nitrogens with two attached hydrogens (primary N) is 1. The topological polar surface area (TPSA) is 134 Å². The van der Waals surface area contributed by atoms with Crippen LogP contribution in [0, 0.1) is 10.1 Å². The van der Waals surface area contributed by atoms with Crippen LogP contribution in [0.15, 0.2) is 12.1 Å². The summed E-state index contributed by atoms with van der Waals surface area (Å²) in [7, 11) is -2.47. The molecular weight excluding hydrogens is 315 g/mol. The number of benzene rings is 1. The van der Waals surface area contributed by atoms with Crippen LogP contribution in [-0.4, -0.2) is 30.4 Å². The summed E-state index contributed by atoms with van der Waals surface area (Å²) in [6.07, 6.45) is 0. The molecule has 0 amide bonds. The van der Waals surface area contributed by atoms with Crippen molar-refractivity contribution in [1.82, 2.24) is 0 Å². The molecule has 1 atom stereocenters. The zero-order valence-corrected chi connectivity index (χ0v) is 13.4. The lowest BCUT2D eigenvalue weighted by atomic mass is 10.1. The van der Waals surface area contributed by atoms with Gasteiger partial charge in [0.2, 0.25) is 5.75 Å². The molecule has 0 saturated heterocycles. The van der Waals surface area contributed by atoms with Crippen LogP contribution in [0.1, 0.15) is 25.2 Å². The Bertz CT molecular complexity index is 583. The smallest absolute Gasteiger partial charge is 0.351 e. The first kappa shape index (κ1) is 18.4.